The number of hydrogen-bond acceptors (Lipinski definition) is 3. The summed E-state index contributed by atoms with van der Waals surface area (Å²) in [5.41, 5.74) is 2.91. The normalized spacial score (nSPS) is 10.0. The van der Waals surface area contributed by atoms with Gasteiger partial charge in [-0.1, -0.05) is 0 Å². The third-order valence-electron chi connectivity index (χ3n) is 1.24. The quantitative estimate of drug-likeness (QED) is 0.625. The van der Waals surface area contributed by atoms with Gasteiger partial charge in [0.25, 0.3) is 0 Å². The number of thiazole rings is 1. The lowest BCUT2D eigenvalue weighted by Gasteiger charge is -1.82. The summed E-state index contributed by atoms with van der Waals surface area (Å²) >= 11 is 1.61. The molecule has 0 fully saturated rings. The van der Waals surface area contributed by atoms with Crippen molar-refractivity contribution in [1.82, 2.24) is 4.98 Å². The van der Waals surface area contributed by atoms with E-state index in [0.29, 0.717) is 0 Å². The second-order valence-corrected chi connectivity index (χ2v) is 2.76. The van der Waals surface area contributed by atoms with Crippen molar-refractivity contribution >= 4 is 11.3 Å². The average Bonchev–Trinajstić information content (AvgIpc) is 2.59. The molecular formula is C7H5NOS. The SMILES string of the molecule is c1cc(-c2cncs2)co1. The Bertz CT molecular complexity index is 253. The highest BCUT2D eigenvalue weighted by molar-refractivity contribution is 7.13. The molecule has 0 spiro atoms. The Balaban J connectivity index is 2.48. The van der Waals surface area contributed by atoms with Gasteiger partial charge in [-0.15, -0.1) is 11.3 Å². The summed E-state index contributed by atoms with van der Waals surface area (Å²) in [7, 11) is 0. The van der Waals surface area contributed by atoms with E-state index in [-0.39, 0.29) is 0 Å². The van der Waals surface area contributed by atoms with Crippen molar-refractivity contribution in [2.75, 3.05) is 0 Å². The van der Waals surface area contributed by atoms with Crippen LogP contribution >= 0.6 is 11.3 Å². The summed E-state index contributed by atoms with van der Waals surface area (Å²) < 4.78 is 4.92. The lowest BCUT2D eigenvalue weighted by molar-refractivity contribution is 0.568. The van der Waals surface area contributed by atoms with Crippen LogP contribution < -0.4 is 0 Å². The van der Waals surface area contributed by atoms with Crippen LogP contribution in [0.15, 0.2) is 34.7 Å². The zero-order chi connectivity index (χ0) is 6.81. The Hall–Kier alpha value is -1.09. The smallest absolute Gasteiger partial charge is 0.0989 e. The Morgan fingerprint density at radius 1 is 1.50 bits per heavy atom. The highest BCUT2D eigenvalue weighted by Gasteiger charge is 1.97. The standard InChI is InChI=1S/C7H5NOS/c1-2-9-4-6(1)7-3-8-5-10-7/h1-5H. The van der Waals surface area contributed by atoms with E-state index in [1.165, 1.54) is 0 Å². The molecule has 50 valence electrons. The first kappa shape index (κ1) is 5.68. The highest BCUT2D eigenvalue weighted by Crippen LogP contribution is 2.22. The number of nitrogens with zero attached hydrogens (tertiary/aromatic N) is 1. The van der Waals surface area contributed by atoms with Gasteiger partial charge < -0.3 is 4.42 Å². The van der Waals surface area contributed by atoms with Gasteiger partial charge in [-0.25, -0.2) is 0 Å². The molecule has 0 unspecified atom stereocenters. The van der Waals surface area contributed by atoms with Crippen LogP contribution in [0.3, 0.4) is 0 Å². The molecule has 2 heterocycles. The summed E-state index contributed by atoms with van der Waals surface area (Å²) in [6, 6.07) is 1.92. The molecule has 0 aliphatic rings. The summed E-state index contributed by atoms with van der Waals surface area (Å²) in [5, 5.41) is 0. The van der Waals surface area contributed by atoms with Gasteiger partial charge in [-0.3, -0.25) is 4.98 Å². The van der Waals surface area contributed by atoms with Crippen molar-refractivity contribution < 1.29 is 4.42 Å². The van der Waals surface area contributed by atoms with Crippen LogP contribution in [-0.4, -0.2) is 4.98 Å². The maximum absolute atomic E-state index is 4.92. The second kappa shape index (κ2) is 2.27. The molecule has 0 amide bonds. The Labute approximate surface area is 62.1 Å². The molecule has 0 aliphatic heterocycles. The first-order chi connectivity index (χ1) is 4.97. The minimum Gasteiger partial charge on any atom is -0.472 e. The van der Waals surface area contributed by atoms with Crippen LogP contribution in [0.1, 0.15) is 0 Å². The highest BCUT2D eigenvalue weighted by atomic mass is 32.1. The summed E-state index contributed by atoms with van der Waals surface area (Å²) in [4.78, 5) is 5.10. The molecule has 0 saturated heterocycles. The van der Waals surface area contributed by atoms with E-state index in [1.54, 1.807) is 23.9 Å². The molecule has 0 aliphatic carbocycles. The fourth-order valence-corrected chi connectivity index (χ4v) is 1.37. The molecule has 2 nitrogen and oxygen atoms in total. The van der Waals surface area contributed by atoms with Gasteiger partial charge in [0, 0.05) is 11.8 Å². The molecule has 10 heavy (non-hydrogen) atoms. The Morgan fingerprint density at radius 2 is 2.50 bits per heavy atom. The van der Waals surface area contributed by atoms with E-state index < -0.39 is 0 Å². The molecular weight excluding hydrogens is 146 g/mol. The van der Waals surface area contributed by atoms with E-state index in [2.05, 4.69) is 4.98 Å². The zero-order valence-corrected chi connectivity index (χ0v) is 5.97. The maximum Gasteiger partial charge on any atom is 0.0989 e. The molecule has 0 aromatic carbocycles. The Morgan fingerprint density at radius 3 is 3.10 bits per heavy atom. The molecule has 2 aromatic heterocycles. The molecule has 0 bridgehead atoms. The molecule has 0 saturated carbocycles. The van der Waals surface area contributed by atoms with Crippen LogP contribution in [0.2, 0.25) is 0 Å². The molecule has 0 atom stereocenters. The maximum atomic E-state index is 4.92. The zero-order valence-electron chi connectivity index (χ0n) is 5.15. The largest absolute Gasteiger partial charge is 0.472 e. The van der Waals surface area contributed by atoms with Crippen molar-refractivity contribution in [3.05, 3.63) is 30.3 Å². The Kier molecular flexibility index (Phi) is 1.29. The van der Waals surface area contributed by atoms with Gasteiger partial charge in [0.2, 0.25) is 0 Å². The topological polar surface area (TPSA) is 26.0 Å². The summed E-state index contributed by atoms with van der Waals surface area (Å²) in [6.07, 6.45) is 5.21. The van der Waals surface area contributed by atoms with Crippen LogP contribution in [0.25, 0.3) is 10.4 Å². The first-order valence-corrected chi connectivity index (χ1v) is 3.76. The van der Waals surface area contributed by atoms with Gasteiger partial charge in [-0.2, -0.15) is 0 Å². The van der Waals surface area contributed by atoms with Gasteiger partial charge in [0.05, 0.1) is 22.9 Å². The molecule has 0 N–H and O–H groups in total. The fraction of sp³-hybridized carbons (Fsp3) is 0. The lowest BCUT2D eigenvalue weighted by Crippen LogP contribution is -1.60. The predicted molar refractivity (Wildman–Crippen MR) is 39.8 cm³/mol. The van der Waals surface area contributed by atoms with Crippen molar-refractivity contribution in [3.63, 3.8) is 0 Å². The first-order valence-electron chi connectivity index (χ1n) is 2.88. The minimum absolute atomic E-state index is 1.10. The molecule has 2 rings (SSSR count). The number of hydrogen-bond donors (Lipinski definition) is 0. The van der Waals surface area contributed by atoms with E-state index in [9.17, 15) is 0 Å². The number of rotatable bonds is 1. The lowest BCUT2D eigenvalue weighted by atomic mass is 10.3. The summed E-state index contributed by atoms with van der Waals surface area (Å²) in [6.45, 7) is 0. The molecule has 0 radical (unpaired) electrons. The van der Waals surface area contributed by atoms with Crippen LogP contribution in [0.4, 0.5) is 0 Å². The van der Waals surface area contributed by atoms with E-state index in [4.69, 9.17) is 4.42 Å². The van der Waals surface area contributed by atoms with Crippen LogP contribution in [-0.2, 0) is 0 Å². The van der Waals surface area contributed by atoms with Crippen molar-refractivity contribution in [1.29, 1.82) is 0 Å². The van der Waals surface area contributed by atoms with Crippen molar-refractivity contribution in [2.24, 2.45) is 0 Å². The van der Waals surface area contributed by atoms with Gasteiger partial charge >= 0.3 is 0 Å². The number of aromatic nitrogens is 1. The molecule has 3 heteroatoms. The monoisotopic (exact) mass is 151 g/mol. The van der Waals surface area contributed by atoms with Crippen molar-refractivity contribution in [2.45, 2.75) is 0 Å². The number of furan rings is 1. The van der Waals surface area contributed by atoms with Gasteiger partial charge in [0.1, 0.15) is 0 Å². The van der Waals surface area contributed by atoms with Crippen molar-refractivity contribution in [3.8, 4) is 10.4 Å². The third-order valence-corrected chi connectivity index (χ3v) is 2.06. The van der Waals surface area contributed by atoms with Crippen LogP contribution in [0.5, 0.6) is 0 Å². The van der Waals surface area contributed by atoms with Crippen LogP contribution in [0, 0.1) is 0 Å². The average molecular weight is 151 g/mol. The van der Waals surface area contributed by atoms with E-state index in [0.717, 1.165) is 10.4 Å². The van der Waals surface area contributed by atoms with Gasteiger partial charge in [0.15, 0.2) is 0 Å². The third kappa shape index (κ3) is 0.844. The second-order valence-electron chi connectivity index (χ2n) is 1.88. The summed E-state index contributed by atoms with van der Waals surface area (Å²) in [5.74, 6) is 0. The van der Waals surface area contributed by atoms with E-state index in [1.807, 2.05) is 17.8 Å². The fourth-order valence-electron chi connectivity index (χ4n) is 0.763. The predicted octanol–water partition coefficient (Wildman–Crippen LogP) is 2.40. The van der Waals surface area contributed by atoms with E-state index >= 15 is 0 Å². The minimum atomic E-state index is 1.10. The van der Waals surface area contributed by atoms with Gasteiger partial charge in [-0.05, 0) is 6.07 Å². The molecule has 2 aromatic rings.